The molecular weight excluding hydrogens is 430 g/mol. The van der Waals surface area contributed by atoms with E-state index in [0.717, 1.165) is 27.2 Å². The van der Waals surface area contributed by atoms with E-state index in [9.17, 15) is 0 Å². The first-order chi connectivity index (χ1) is 11.2. The number of benzene rings is 1. The lowest BCUT2D eigenvalue weighted by Gasteiger charge is -2.65. The average molecular weight is 457 g/mol. The Bertz CT molecular complexity index is 633. The zero-order chi connectivity index (χ0) is 17.2. The van der Waals surface area contributed by atoms with Gasteiger partial charge in [0.05, 0.1) is 16.1 Å². The van der Waals surface area contributed by atoms with Crippen LogP contribution in [0.5, 0.6) is 5.75 Å². The van der Waals surface area contributed by atoms with E-state index in [-0.39, 0.29) is 0 Å². The summed E-state index contributed by atoms with van der Waals surface area (Å²) in [5, 5.41) is 4.00. The van der Waals surface area contributed by atoms with Crippen LogP contribution in [0.25, 0.3) is 0 Å². The van der Waals surface area contributed by atoms with Crippen molar-refractivity contribution in [1.82, 2.24) is 5.32 Å². The molecule has 4 bridgehead atoms. The van der Waals surface area contributed by atoms with Crippen LogP contribution in [0.1, 0.15) is 57.9 Å². The predicted octanol–water partition coefficient (Wildman–Crippen LogP) is 6.06. The summed E-state index contributed by atoms with van der Waals surface area (Å²) >= 11 is 7.25. The first-order valence-electron chi connectivity index (χ1n) is 9.01. The fourth-order valence-corrected chi connectivity index (χ4v) is 8.45. The fourth-order valence-electron chi connectivity index (χ4n) is 6.84. The van der Waals surface area contributed by atoms with Crippen LogP contribution >= 0.6 is 31.9 Å². The number of halogens is 2. The molecule has 0 amide bonds. The molecule has 1 aromatic carbocycles. The Morgan fingerprint density at radius 1 is 1.04 bits per heavy atom. The fraction of sp³-hybridized carbons (Fsp3) is 0.700. The van der Waals surface area contributed by atoms with Gasteiger partial charge in [0, 0.05) is 12.1 Å². The van der Waals surface area contributed by atoms with E-state index >= 15 is 0 Å². The summed E-state index contributed by atoms with van der Waals surface area (Å²) < 4.78 is 7.45. The molecule has 4 aliphatic rings. The highest BCUT2D eigenvalue weighted by atomic mass is 79.9. The van der Waals surface area contributed by atoms with Gasteiger partial charge in [-0.3, -0.25) is 0 Å². The molecule has 132 valence electrons. The van der Waals surface area contributed by atoms with E-state index in [0.29, 0.717) is 16.4 Å². The molecule has 24 heavy (non-hydrogen) atoms. The lowest BCUT2D eigenvalue weighted by Crippen LogP contribution is -2.63. The van der Waals surface area contributed by atoms with Crippen molar-refractivity contribution < 1.29 is 4.74 Å². The van der Waals surface area contributed by atoms with Crippen LogP contribution in [0.4, 0.5) is 0 Å². The third kappa shape index (κ3) is 2.97. The van der Waals surface area contributed by atoms with Gasteiger partial charge in [-0.1, -0.05) is 13.8 Å². The standard InChI is InChI=1S/C20H27Br2NO/c1-18-6-14-7-19(2,10-18)12-20(8-14,11-18)23-9-13-4-15(21)17(24-3)16(22)5-13/h4-5,14,23H,6-12H2,1-3H3/t14?,18-,19+,20?. The normalized spacial score (nSPS) is 40.1. The van der Waals surface area contributed by atoms with E-state index in [1.807, 2.05) is 0 Å². The minimum absolute atomic E-state index is 0.349. The molecule has 4 heteroatoms. The molecule has 0 saturated heterocycles. The Labute approximate surface area is 162 Å². The van der Waals surface area contributed by atoms with Crippen molar-refractivity contribution in [3.63, 3.8) is 0 Å². The molecule has 1 N–H and O–H groups in total. The van der Waals surface area contributed by atoms with Gasteiger partial charge >= 0.3 is 0 Å². The van der Waals surface area contributed by atoms with E-state index in [1.165, 1.54) is 44.1 Å². The highest BCUT2D eigenvalue weighted by Crippen LogP contribution is 2.66. The summed E-state index contributed by atoms with van der Waals surface area (Å²) in [7, 11) is 1.71. The van der Waals surface area contributed by atoms with Gasteiger partial charge in [-0.15, -0.1) is 0 Å². The molecule has 4 aliphatic carbocycles. The SMILES string of the molecule is COc1c(Br)cc(CNC23CC4C[C@@](C)(C2)C[C@](C)(C4)C3)cc1Br. The molecular formula is C20H27Br2NO. The third-order valence-corrected chi connectivity index (χ3v) is 7.73. The highest BCUT2D eigenvalue weighted by Gasteiger charge is 2.59. The minimum atomic E-state index is 0.349. The van der Waals surface area contributed by atoms with E-state index < -0.39 is 0 Å². The number of hydrogen-bond acceptors (Lipinski definition) is 2. The summed E-state index contributed by atoms with van der Waals surface area (Å²) in [6.07, 6.45) is 8.41. The number of methoxy groups -OCH3 is 1. The maximum Gasteiger partial charge on any atom is 0.147 e. The van der Waals surface area contributed by atoms with Crippen LogP contribution in [-0.2, 0) is 6.54 Å². The second-order valence-electron chi connectivity index (χ2n) is 9.36. The Kier molecular flexibility index (Phi) is 4.14. The van der Waals surface area contributed by atoms with Gasteiger partial charge in [0.25, 0.3) is 0 Å². The topological polar surface area (TPSA) is 21.3 Å². The second-order valence-corrected chi connectivity index (χ2v) is 11.1. The van der Waals surface area contributed by atoms with Crippen LogP contribution in [0, 0.1) is 16.7 Å². The van der Waals surface area contributed by atoms with Crippen molar-refractivity contribution >= 4 is 31.9 Å². The Balaban J connectivity index is 1.54. The summed E-state index contributed by atoms with van der Waals surface area (Å²) in [6.45, 7) is 6.00. The van der Waals surface area contributed by atoms with E-state index in [1.54, 1.807) is 7.11 Å². The molecule has 4 atom stereocenters. The van der Waals surface area contributed by atoms with Crippen molar-refractivity contribution in [2.24, 2.45) is 16.7 Å². The first kappa shape index (κ1) is 17.4. The predicted molar refractivity (Wildman–Crippen MR) is 105 cm³/mol. The van der Waals surface area contributed by atoms with E-state index in [2.05, 4.69) is 63.2 Å². The van der Waals surface area contributed by atoms with Gasteiger partial charge in [0.15, 0.2) is 0 Å². The van der Waals surface area contributed by atoms with Crippen LogP contribution < -0.4 is 10.1 Å². The summed E-state index contributed by atoms with van der Waals surface area (Å²) in [6, 6.07) is 4.36. The maximum atomic E-state index is 5.42. The summed E-state index contributed by atoms with van der Waals surface area (Å²) in [4.78, 5) is 0. The van der Waals surface area contributed by atoms with Crippen molar-refractivity contribution in [3.8, 4) is 5.75 Å². The zero-order valence-electron chi connectivity index (χ0n) is 14.8. The minimum Gasteiger partial charge on any atom is -0.494 e. The lowest BCUT2D eigenvalue weighted by atomic mass is 9.43. The highest BCUT2D eigenvalue weighted by molar-refractivity contribution is 9.11. The van der Waals surface area contributed by atoms with Gasteiger partial charge in [-0.25, -0.2) is 0 Å². The summed E-state index contributed by atoms with van der Waals surface area (Å²) in [5.74, 6) is 1.80. The molecule has 0 spiro atoms. The zero-order valence-corrected chi connectivity index (χ0v) is 18.0. The smallest absolute Gasteiger partial charge is 0.147 e. The molecule has 2 unspecified atom stereocenters. The first-order valence-corrected chi connectivity index (χ1v) is 10.6. The monoisotopic (exact) mass is 455 g/mol. The van der Waals surface area contributed by atoms with Gasteiger partial charge in [0.2, 0.25) is 0 Å². The average Bonchev–Trinajstić information content (AvgIpc) is 2.41. The lowest BCUT2D eigenvalue weighted by molar-refractivity contribution is -0.118. The maximum absolute atomic E-state index is 5.42. The Morgan fingerprint density at radius 2 is 1.62 bits per heavy atom. The quantitative estimate of drug-likeness (QED) is 0.594. The molecule has 0 aromatic heterocycles. The van der Waals surface area contributed by atoms with Gasteiger partial charge in [0.1, 0.15) is 5.75 Å². The number of hydrogen-bond donors (Lipinski definition) is 1. The van der Waals surface area contributed by atoms with Crippen LogP contribution in [0.15, 0.2) is 21.1 Å². The van der Waals surface area contributed by atoms with Gasteiger partial charge < -0.3 is 10.1 Å². The summed E-state index contributed by atoms with van der Waals surface area (Å²) in [5.41, 5.74) is 2.77. The molecule has 0 radical (unpaired) electrons. The molecule has 4 fully saturated rings. The largest absolute Gasteiger partial charge is 0.494 e. The molecule has 0 aliphatic heterocycles. The second kappa shape index (κ2) is 5.72. The molecule has 2 nitrogen and oxygen atoms in total. The van der Waals surface area contributed by atoms with E-state index in [4.69, 9.17) is 4.74 Å². The molecule has 4 saturated carbocycles. The van der Waals surface area contributed by atoms with Crippen LogP contribution in [0.3, 0.4) is 0 Å². The third-order valence-electron chi connectivity index (χ3n) is 6.56. The van der Waals surface area contributed by atoms with Crippen molar-refractivity contribution in [2.75, 3.05) is 7.11 Å². The van der Waals surface area contributed by atoms with Crippen LogP contribution in [-0.4, -0.2) is 12.6 Å². The molecule has 0 heterocycles. The Morgan fingerprint density at radius 3 is 2.12 bits per heavy atom. The van der Waals surface area contributed by atoms with Crippen molar-refractivity contribution in [1.29, 1.82) is 0 Å². The molecule has 5 rings (SSSR count). The Hall–Kier alpha value is -0.0600. The van der Waals surface area contributed by atoms with Gasteiger partial charge in [-0.05, 0) is 105 Å². The van der Waals surface area contributed by atoms with Crippen LogP contribution in [0.2, 0.25) is 0 Å². The van der Waals surface area contributed by atoms with Crippen molar-refractivity contribution in [2.45, 2.75) is 64.5 Å². The number of rotatable bonds is 4. The van der Waals surface area contributed by atoms with Crippen molar-refractivity contribution in [3.05, 3.63) is 26.6 Å². The van der Waals surface area contributed by atoms with Gasteiger partial charge in [-0.2, -0.15) is 0 Å². The number of nitrogens with one attached hydrogen (secondary N) is 1. The molecule has 1 aromatic rings. The number of ether oxygens (including phenoxy) is 1.